The summed E-state index contributed by atoms with van der Waals surface area (Å²) in [6, 6.07) is 6.51. The predicted molar refractivity (Wildman–Crippen MR) is 65.0 cm³/mol. The van der Waals surface area contributed by atoms with Crippen LogP contribution in [0.1, 0.15) is 10.6 Å². The number of rotatable bonds is 3. The normalized spacial score (nSPS) is 10.7. The summed E-state index contributed by atoms with van der Waals surface area (Å²) in [7, 11) is 0. The molecule has 2 rings (SSSR count). The molecule has 2 aromatic rings. The van der Waals surface area contributed by atoms with Crippen LogP contribution in [0, 0.1) is 12.7 Å². The quantitative estimate of drug-likeness (QED) is 0.890. The molecule has 1 heterocycles. The van der Waals surface area contributed by atoms with Crippen molar-refractivity contribution in [1.29, 1.82) is 0 Å². The Morgan fingerprint density at radius 1 is 1.44 bits per heavy atom. The van der Waals surface area contributed by atoms with Crippen molar-refractivity contribution in [2.75, 3.05) is 6.54 Å². The van der Waals surface area contributed by atoms with Crippen molar-refractivity contribution in [3.63, 3.8) is 0 Å². The molecule has 0 aliphatic rings. The number of hydrogen-bond acceptors (Lipinski definition) is 3. The molecule has 0 radical (unpaired) electrons. The lowest BCUT2D eigenvalue weighted by molar-refractivity contribution is 0.628. The fourth-order valence-corrected chi connectivity index (χ4v) is 2.50. The lowest BCUT2D eigenvalue weighted by Gasteiger charge is -1.95. The number of nitrogens with zero attached hydrogens (tertiary/aromatic N) is 1. The molecule has 0 amide bonds. The Morgan fingerprint density at radius 3 is 2.94 bits per heavy atom. The van der Waals surface area contributed by atoms with Gasteiger partial charge in [0.05, 0.1) is 5.69 Å². The van der Waals surface area contributed by atoms with Crippen LogP contribution in [0.5, 0.6) is 0 Å². The van der Waals surface area contributed by atoms with Crippen molar-refractivity contribution < 1.29 is 4.39 Å². The molecule has 0 aliphatic heterocycles. The molecule has 84 valence electrons. The maximum Gasteiger partial charge on any atom is 0.123 e. The first-order chi connectivity index (χ1) is 7.70. The first kappa shape index (κ1) is 11.2. The van der Waals surface area contributed by atoms with Crippen LogP contribution >= 0.6 is 11.3 Å². The highest BCUT2D eigenvalue weighted by Crippen LogP contribution is 2.28. The highest BCUT2D eigenvalue weighted by atomic mass is 32.1. The molecule has 0 saturated carbocycles. The SMILES string of the molecule is Cc1sc(-c2cccc(F)c2)nc1CCN. The van der Waals surface area contributed by atoms with E-state index >= 15 is 0 Å². The van der Waals surface area contributed by atoms with Gasteiger partial charge in [0.1, 0.15) is 10.8 Å². The Morgan fingerprint density at radius 2 is 2.25 bits per heavy atom. The van der Waals surface area contributed by atoms with E-state index in [0.29, 0.717) is 6.54 Å². The molecule has 0 spiro atoms. The smallest absolute Gasteiger partial charge is 0.123 e. The highest BCUT2D eigenvalue weighted by molar-refractivity contribution is 7.15. The molecule has 0 bridgehead atoms. The van der Waals surface area contributed by atoms with Crippen LogP contribution in [0.3, 0.4) is 0 Å². The Hall–Kier alpha value is -1.26. The average Bonchev–Trinajstić information content (AvgIpc) is 2.61. The highest BCUT2D eigenvalue weighted by Gasteiger charge is 2.09. The summed E-state index contributed by atoms with van der Waals surface area (Å²) in [6.45, 7) is 2.61. The molecule has 0 aliphatic carbocycles. The molecule has 2 N–H and O–H groups in total. The summed E-state index contributed by atoms with van der Waals surface area (Å²) < 4.78 is 13.1. The predicted octanol–water partition coefficient (Wildman–Crippen LogP) is 2.76. The van der Waals surface area contributed by atoms with Gasteiger partial charge in [-0.2, -0.15) is 0 Å². The summed E-state index contributed by atoms with van der Waals surface area (Å²) in [4.78, 5) is 5.64. The molecule has 0 atom stereocenters. The average molecular weight is 236 g/mol. The number of aromatic nitrogens is 1. The topological polar surface area (TPSA) is 38.9 Å². The first-order valence-corrected chi connectivity index (χ1v) is 5.94. The summed E-state index contributed by atoms with van der Waals surface area (Å²) in [6.07, 6.45) is 0.775. The summed E-state index contributed by atoms with van der Waals surface area (Å²) in [5.74, 6) is -0.231. The van der Waals surface area contributed by atoms with E-state index in [-0.39, 0.29) is 5.82 Å². The molecule has 4 heteroatoms. The van der Waals surface area contributed by atoms with Crippen molar-refractivity contribution in [3.05, 3.63) is 40.7 Å². The third-order valence-electron chi connectivity index (χ3n) is 2.35. The lowest BCUT2D eigenvalue weighted by atomic mass is 10.2. The Kier molecular flexibility index (Phi) is 3.31. The summed E-state index contributed by atoms with van der Waals surface area (Å²) in [5, 5.41) is 0.862. The van der Waals surface area contributed by atoms with Gasteiger partial charge in [-0.05, 0) is 25.6 Å². The lowest BCUT2D eigenvalue weighted by Crippen LogP contribution is -2.03. The number of aryl methyl sites for hydroxylation is 1. The molecule has 1 aromatic carbocycles. The largest absolute Gasteiger partial charge is 0.330 e. The monoisotopic (exact) mass is 236 g/mol. The maximum atomic E-state index is 13.1. The Labute approximate surface area is 97.9 Å². The van der Waals surface area contributed by atoms with E-state index in [1.807, 2.05) is 13.0 Å². The van der Waals surface area contributed by atoms with Gasteiger partial charge in [-0.3, -0.25) is 0 Å². The van der Waals surface area contributed by atoms with Gasteiger partial charge < -0.3 is 5.73 Å². The fourth-order valence-electron chi connectivity index (χ4n) is 1.54. The minimum absolute atomic E-state index is 0.231. The van der Waals surface area contributed by atoms with Crippen molar-refractivity contribution in [3.8, 4) is 10.6 Å². The number of thiazole rings is 1. The van der Waals surface area contributed by atoms with E-state index in [2.05, 4.69) is 4.98 Å². The van der Waals surface area contributed by atoms with E-state index in [0.717, 1.165) is 27.6 Å². The number of hydrogen-bond donors (Lipinski definition) is 1. The van der Waals surface area contributed by atoms with Crippen molar-refractivity contribution in [2.24, 2.45) is 5.73 Å². The molecular formula is C12H13FN2S. The van der Waals surface area contributed by atoms with Crippen molar-refractivity contribution >= 4 is 11.3 Å². The minimum Gasteiger partial charge on any atom is -0.330 e. The zero-order chi connectivity index (χ0) is 11.5. The second-order valence-electron chi connectivity index (χ2n) is 3.57. The van der Waals surface area contributed by atoms with E-state index in [9.17, 15) is 4.39 Å². The van der Waals surface area contributed by atoms with E-state index in [4.69, 9.17) is 5.73 Å². The van der Waals surface area contributed by atoms with E-state index in [1.54, 1.807) is 17.4 Å². The fraction of sp³-hybridized carbons (Fsp3) is 0.250. The standard InChI is InChI=1S/C12H13FN2S/c1-8-11(5-6-14)15-12(16-8)9-3-2-4-10(13)7-9/h2-4,7H,5-6,14H2,1H3. The molecule has 16 heavy (non-hydrogen) atoms. The molecule has 0 fully saturated rings. The Balaban J connectivity index is 2.37. The number of halogens is 1. The number of nitrogens with two attached hydrogens (primary N) is 1. The van der Waals surface area contributed by atoms with Gasteiger partial charge in [-0.1, -0.05) is 12.1 Å². The van der Waals surface area contributed by atoms with Crippen LogP contribution in [0.4, 0.5) is 4.39 Å². The van der Waals surface area contributed by atoms with E-state index < -0.39 is 0 Å². The zero-order valence-corrected chi connectivity index (χ0v) is 9.85. The second kappa shape index (κ2) is 4.72. The summed E-state index contributed by atoms with van der Waals surface area (Å²) in [5.41, 5.74) is 7.36. The van der Waals surface area contributed by atoms with Crippen molar-refractivity contribution in [1.82, 2.24) is 4.98 Å². The molecule has 0 saturated heterocycles. The Bertz CT molecular complexity index is 494. The van der Waals surface area contributed by atoms with Gasteiger partial charge in [-0.25, -0.2) is 9.37 Å². The van der Waals surface area contributed by atoms with Gasteiger partial charge in [0, 0.05) is 16.9 Å². The third kappa shape index (κ3) is 2.28. The van der Waals surface area contributed by atoms with Crippen LogP contribution in [0.2, 0.25) is 0 Å². The van der Waals surface area contributed by atoms with Gasteiger partial charge in [-0.15, -0.1) is 11.3 Å². The van der Waals surface area contributed by atoms with Gasteiger partial charge in [0.15, 0.2) is 0 Å². The minimum atomic E-state index is -0.231. The second-order valence-corrected chi connectivity index (χ2v) is 4.77. The summed E-state index contributed by atoms with van der Waals surface area (Å²) >= 11 is 1.58. The maximum absolute atomic E-state index is 13.1. The van der Waals surface area contributed by atoms with Crippen LogP contribution in [0.15, 0.2) is 24.3 Å². The van der Waals surface area contributed by atoms with Gasteiger partial charge in [0.25, 0.3) is 0 Å². The van der Waals surface area contributed by atoms with Gasteiger partial charge in [0.2, 0.25) is 0 Å². The third-order valence-corrected chi connectivity index (χ3v) is 3.41. The van der Waals surface area contributed by atoms with Crippen LogP contribution in [0.25, 0.3) is 10.6 Å². The molecule has 2 nitrogen and oxygen atoms in total. The van der Waals surface area contributed by atoms with Gasteiger partial charge >= 0.3 is 0 Å². The van der Waals surface area contributed by atoms with Crippen LogP contribution in [-0.4, -0.2) is 11.5 Å². The molecule has 1 aromatic heterocycles. The first-order valence-electron chi connectivity index (χ1n) is 5.13. The van der Waals surface area contributed by atoms with Crippen LogP contribution < -0.4 is 5.73 Å². The van der Waals surface area contributed by atoms with Crippen molar-refractivity contribution in [2.45, 2.75) is 13.3 Å². The number of benzene rings is 1. The molecule has 0 unspecified atom stereocenters. The van der Waals surface area contributed by atoms with E-state index in [1.165, 1.54) is 12.1 Å². The molecular weight excluding hydrogens is 223 g/mol. The van der Waals surface area contributed by atoms with Crippen LogP contribution in [-0.2, 0) is 6.42 Å². The zero-order valence-electron chi connectivity index (χ0n) is 9.03.